The lowest BCUT2D eigenvalue weighted by Crippen LogP contribution is -2.74. The minimum Gasteiger partial charge on any atom is -0.496 e. The smallest absolute Gasteiger partial charge is 0.393 e. The Hall–Kier alpha value is -2.21. The summed E-state index contributed by atoms with van der Waals surface area (Å²) in [4.78, 5) is 0. The Morgan fingerprint density at radius 1 is 0.486 bits per heavy atom. The van der Waals surface area contributed by atoms with Crippen molar-refractivity contribution in [3.63, 3.8) is 0 Å². The van der Waals surface area contributed by atoms with Crippen LogP contribution in [0.1, 0.15) is 5.56 Å². The van der Waals surface area contributed by atoms with Gasteiger partial charge in [0.05, 0.1) is 21.3 Å². The van der Waals surface area contributed by atoms with E-state index in [1.165, 1.54) is 0 Å². The van der Waals surface area contributed by atoms with Crippen molar-refractivity contribution in [3.8, 4) is 17.2 Å². The third kappa shape index (κ3) is 4.33. The average Bonchev–Trinajstić information content (AvgIpc) is 2.76. The highest BCUT2D eigenvalue weighted by atomic mass is 35.5. The fourth-order valence-electron chi connectivity index (χ4n) is 2.64. The lowest BCUT2D eigenvalue weighted by Gasteiger charge is -2.43. The summed E-state index contributed by atoms with van der Waals surface area (Å²) in [5, 5.41) is -6.85. The van der Waals surface area contributed by atoms with Gasteiger partial charge in [-0.15, -0.1) is 0 Å². The van der Waals surface area contributed by atoms with Gasteiger partial charge in [-0.25, -0.2) is 0 Å². The van der Waals surface area contributed by atoms with E-state index in [2.05, 4.69) is 25.8 Å². The molecule has 0 amide bonds. The summed E-state index contributed by atoms with van der Waals surface area (Å²) in [7, 11) is 1.71. The number of hydrogen-bond donors (Lipinski definition) is 0. The van der Waals surface area contributed by atoms with Crippen LogP contribution in [0.4, 0.5) is 70.2 Å². The fourth-order valence-corrected chi connectivity index (χ4v) is 2.75. The van der Waals surface area contributed by atoms with E-state index in [1.54, 1.807) is 0 Å². The van der Waals surface area contributed by atoms with Gasteiger partial charge in [-0.1, -0.05) is 0 Å². The van der Waals surface area contributed by atoms with E-state index in [1.807, 2.05) is 0 Å². The summed E-state index contributed by atoms with van der Waals surface area (Å²) in [6.45, 7) is 0. The monoisotopic (exact) mass is 602 g/mol. The molecule has 0 fully saturated rings. The number of alkyl halides is 17. The normalized spacial score (nSPS) is 15.0. The minimum atomic E-state index is -8.57. The number of benzene rings is 1. The van der Waals surface area contributed by atoms with Crippen molar-refractivity contribution in [2.24, 2.45) is 0 Å². The molecule has 3 nitrogen and oxygen atoms in total. The minimum absolute atomic E-state index is 0.268. The highest BCUT2D eigenvalue weighted by molar-refractivity contribution is 6.22. The molecule has 216 valence electrons. The van der Waals surface area contributed by atoms with Gasteiger partial charge in [0.25, 0.3) is 0 Å². The van der Waals surface area contributed by atoms with E-state index < -0.39 is 69.7 Å². The molecule has 0 saturated heterocycles. The molecule has 0 spiro atoms. The molecule has 0 aliphatic rings. The maximum Gasteiger partial charge on any atom is 0.393 e. The van der Waals surface area contributed by atoms with E-state index in [0.717, 1.165) is 7.11 Å². The summed E-state index contributed by atoms with van der Waals surface area (Å²) in [6, 6.07) is 0.536. The molecule has 0 aromatic heterocycles. The van der Waals surface area contributed by atoms with Crippen LogP contribution in [0.15, 0.2) is 12.1 Å². The van der Waals surface area contributed by atoms with Gasteiger partial charge in [0.1, 0.15) is 22.8 Å². The second-order valence-electron chi connectivity index (χ2n) is 6.93. The first-order valence-corrected chi connectivity index (χ1v) is 9.08. The number of ether oxygens (including phenoxy) is 3. The molecule has 0 aliphatic heterocycles. The molecule has 0 N–H and O–H groups in total. The zero-order valence-electron chi connectivity index (χ0n) is 17.8. The molecule has 0 unspecified atom stereocenters. The predicted molar refractivity (Wildman–Crippen MR) is 90.5 cm³/mol. The van der Waals surface area contributed by atoms with Crippen molar-refractivity contribution < 1.29 is 84.5 Å². The SMILES string of the molecule is COc1cc(OC)c(C(F)(F)C(F)(F)C(F)(F)C(F)(F)C(F)(F)C(F)(F)C(F)(F)C(F)(F)Cl)c(OC)c1. The summed E-state index contributed by atoms with van der Waals surface area (Å²) in [5.41, 5.74) is -2.54. The van der Waals surface area contributed by atoms with Crippen LogP contribution >= 0.6 is 11.6 Å². The van der Waals surface area contributed by atoms with Crippen LogP contribution in [0.3, 0.4) is 0 Å². The molecule has 0 atom stereocenters. The molecule has 0 heterocycles. The van der Waals surface area contributed by atoms with Gasteiger partial charge >= 0.3 is 46.8 Å². The van der Waals surface area contributed by atoms with E-state index in [4.69, 9.17) is 0 Å². The molecular formula is C17H11ClF16O3. The van der Waals surface area contributed by atoms with E-state index in [-0.39, 0.29) is 12.1 Å². The first-order chi connectivity index (χ1) is 16.2. The zero-order chi connectivity index (χ0) is 29.8. The molecule has 1 aromatic carbocycles. The first kappa shape index (κ1) is 32.8. The predicted octanol–water partition coefficient (Wildman–Crippen LogP) is 7.45. The van der Waals surface area contributed by atoms with Crippen LogP contribution in [-0.4, -0.2) is 62.2 Å². The third-order valence-corrected chi connectivity index (χ3v) is 4.99. The van der Waals surface area contributed by atoms with E-state index in [0.29, 0.717) is 14.2 Å². The summed E-state index contributed by atoms with van der Waals surface area (Å²) < 4.78 is 233. The van der Waals surface area contributed by atoms with Crippen molar-refractivity contribution in [1.29, 1.82) is 0 Å². The molecule has 0 radical (unpaired) electrons. The van der Waals surface area contributed by atoms with Crippen molar-refractivity contribution in [1.82, 2.24) is 0 Å². The van der Waals surface area contributed by atoms with Crippen molar-refractivity contribution in [2.75, 3.05) is 21.3 Å². The highest BCUT2D eigenvalue weighted by Crippen LogP contribution is 2.66. The van der Waals surface area contributed by atoms with Crippen molar-refractivity contribution in [2.45, 2.75) is 46.8 Å². The van der Waals surface area contributed by atoms with Crippen LogP contribution in [0.5, 0.6) is 17.2 Å². The van der Waals surface area contributed by atoms with E-state index >= 15 is 0 Å². The quantitative estimate of drug-likeness (QED) is 0.195. The van der Waals surface area contributed by atoms with Crippen molar-refractivity contribution >= 4 is 11.6 Å². The lowest BCUT2D eigenvalue weighted by molar-refractivity contribution is -0.450. The Kier molecular flexibility index (Phi) is 8.17. The van der Waals surface area contributed by atoms with Crippen LogP contribution in [0, 0.1) is 0 Å². The average molecular weight is 603 g/mol. The maximum absolute atomic E-state index is 14.7. The third-order valence-electron chi connectivity index (χ3n) is 4.75. The molecule has 37 heavy (non-hydrogen) atoms. The summed E-state index contributed by atoms with van der Waals surface area (Å²) in [5.74, 6) is -60.0. The fraction of sp³-hybridized carbons (Fsp3) is 0.647. The van der Waals surface area contributed by atoms with Crippen molar-refractivity contribution in [3.05, 3.63) is 17.7 Å². The van der Waals surface area contributed by atoms with Gasteiger partial charge in [0, 0.05) is 12.1 Å². The Balaban J connectivity index is 3.93. The van der Waals surface area contributed by atoms with Gasteiger partial charge in [-0.05, 0) is 11.6 Å². The Labute approximate surface area is 200 Å². The largest absolute Gasteiger partial charge is 0.496 e. The summed E-state index contributed by atoms with van der Waals surface area (Å²) in [6.07, 6.45) is 0. The lowest BCUT2D eigenvalue weighted by atomic mass is 9.86. The molecule has 0 saturated carbocycles. The zero-order valence-corrected chi connectivity index (χ0v) is 18.6. The Bertz CT molecular complexity index is 964. The number of hydrogen-bond acceptors (Lipinski definition) is 3. The van der Waals surface area contributed by atoms with Crippen LogP contribution in [-0.2, 0) is 5.92 Å². The summed E-state index contributed by atoms with van der Waals surface area (Å²) >= 11 is 3.48. The number of halogens is 17. The molecule has 20 heteroatoms. The first-order valence-electron chi connectivity index (χ1n) is 8.70. The van der Waals surface area contributed by atoms with Gasteiger partial charge in [-0.3, -0.25) is 0 Å². The highest BCUT2D eigenvalue weighted by Gasteiger charge is 2.95. The second-order valence-corrected chi connectivity index (χ2v) is 7.40. The molecule has 0 aliphatic carbocycles. The Morgan fingerprint density at radius 3 is 1.05 bits per heavy atom. The van der Waals surface area contributed by atoms with Gasteiger partial charge < -0.3 is 14.2 Å². The molecular weight excluding hydrogens is 592 g/mol. The molecule has 0 bridgehead atoms. The molecule has 1 aromatic rings. The van der Waals surface area contributed by atoms with Gasteiger partial charge in [0.2, 0.25) is 0 Å². The van der Waals surface area contributed by atoms with Crippen LogP contribution < -0.4 is 14.2 Å². The van der Waals surface area contributed by atoms with E-state index in [9.17, 15) is 70.2 Å². The van der Waals surface area contributed by atoms with Gasteiger partial charge in [0.15, 0.2) is 0 Å². The Morgan fingerprint density at radius 2 is 0.784 bits per heavy atom. The number of methoxy groups -OCH3 is 3. The van der Waals surface area contributed by atoms with Gasteiger partial charge in [-0.2, -0.15) is 70.2 Å². The molecule has 1 rings (SSSR count). The van der Waals surface area contributed by atoms with Crippen LogP contribution in [0.25, 0.3) is 0 Å². The standard InChI is InChI=1S/C17H11ClF16O3/c1-35-6-4-7(36-2)9(8(5-6)37-3)10(19,20)11(21,22)12(23,24)13(25,26)14(27,28)15(29,30)16(31,32)17(18,33)34/h4-5H,1-3H3. The topological polar surface area (TPSA) is 27.7 Å². The maximum atomic E-state index is 14.7. The van der Waals surface area contributed by atoms with Crippen LogP contribution in [0.2, 0.25) is 0 Å². The number of rotatable bonds is 11. The second kappa shape index (κ2) is 9.21.